The lowest BCUT2D eigenvalue weighted by Gasteiger charge is -2.08. The molecule has 0 bridgehead atoms. The standard InChI is InChI=1S/C17H16O/c1-3-7-17(14-8-5-4-6-9-14)15-10-12-16(18-2)13-11-15/h3-13H,1H2,2H3. The van der Waals surface area contributed by atoms with Crippen molar-refractivity contribution in [2.45, 2.75) is 0 Å². The highest BCUT2D eigenvalue weighted by Crippen LogP contribution is 2.25. The van der Waals surface area contributed by atoms with Crippen molar-refractivity contribution in [1.29, 1.82) is 0 Å². The highest BCUT2D eigenvalue weighted by atomic mass is 16.5. The van der Waals surface area contributed by atoms with Gasteiger partial charge in [0.05, 0.1) is 7.11 Å². The summed E-state index contributed by atoms with van der Waals surface area (Å²) < 4.78 is 5.17. The topological polar surface area (TPSA) is 9.23 Å². The summed E-state index contributed by atoms with van der Waals surface area (Å²) in [6, 6.07) is 18.3. The SMILES string of the molecule is C=CC=C(c1ccccc1)c1ccc(OC)cc1. The molecule has 0 unspecified atom stereocenters. The van der Waals surface area contributed by atoms with Crippen LogP contribution in [-0.4, -0.2) is 7.11 Å². The van der Waals surface area contributed by atoms with Gasteiger partial charge in [0.15, 0.2) is 0 Å². The fraction of sp³-hybridized carbons (Fsp3) is 0.0588. The molecule has 0 heterocycles. The van der Waals surface area contributed by atoms with Gasteiger partial charge in [0.1, 0.15) is 5.75 Å². The molecule has 0 saturated carbocycles. The maximum atomic E-state index is 5.17. The van der Waals surface area contributed by atoms with E-state index in [4.69, 9.17) is 4.74 Å². The number of benzene rings is 2. The smallest absolute Gasteiger partial charge is 0.118 e. The number of hydrogen-bond donors (Lipinski definition) is 0. The first kappa shape index (κ1) is 12.2. The molecule has 1 nitrogen and oxygen atoms in total. The first-order valence-electron chi connectivity index (χ1n) is 5.87. The van der Waals surface area contributed by atoms with Crippen LogP contribution in [0.3, 0.4) is 0 Å². The van der Waals surface area contributed by atoms with Crippen LogP contribution < -0.4 is 4.74 Å². The third-order valence-corrected chi connectivity index (χ3v) is 2.77. The van der Waals surface area contributed by atoms with E-state index in [9.17, 15) is 0 Å². The lowest BCUT2D eigenvalue weighted by molar-refractivity contribution is 0.415. The monoisotopic (exact) mass is 236 g/mol. The highest BCUT2D eigenvalue weighted by Gasteiger charge is 2.03. The molecule has 0 aromatic heterocycles. The van der Waals surface area contributed by atoms with Crippen LogP contribution in [0.5, 0.6) is 5.75 Å². The van der Waals surface area contributed by atoms with E-state index in [2.05, 4.69) is 30.8 Å². The predicted molar refractivity (Wildman–Crippen MR) is 76.7 cm³/mol. The average molecular weight is 236 g/mol. The molecule has 2 aromatic carbocycles. The van der Waals surface area contributed by atoms with Crippen LogP contribution in [-0.2, 0) is 0 Å². The summed E-state index contributed by atoms with van der Waals surface area (Å²) in [6.07, 6.45) is 3.84. The van der Waals surface area contributed by atoms with Gasteiger partial charge in [0.2, 0.25) is 0 Å². The Kier molecular flexibility index (Phi) is 3.98. The predicted octanol–water partition coefficient (Wildman–Crippen LogP) is 4.31. The highest BCUT2D eigenvalue weighted by molar-refractivity contribution is 5.80. The van der Waals surface area contributed by atoms with Crippen LogP contribution in [0.1, 0.15) is 11.1 Å². The summed E-state index contributed by atoms with van der Waals surface area (Å²) in [4.78, 5) is 0. The Hall–Kier alpha value is -2.28. The molecular weight excluding hydrogens is 220 g/mol. The molecule has 0 amide bonds. The Morgan fingerprint density at radius 2 is 1.56 bits per heavy atom. The van der Waals surface area contributed by atoms with E-state index in [-0.39, 0.29) is 0 Å². The van der Waals surface area contributed by atoms with Crippen molar-refractivity contribution in [3.05, 3.63) is 84.5 Å². The van der Waals surface area contributed by atoms with Crippen LogP contribution >= 0.6 is 0 Å². The average Bonchev–Trinajstić information content (AvgIpc) is 2.46. The van der Waals surface area contributed by atoms with Gasteiger partial charge < -0.3 is 4.74 Å². The zero-order chi connectivity index (χ0) is 12.8. The van der Waals surface area contributed by atoms with E-state index in [1.165, 1.54) is 5.56 Å². The molecule has 1 heteroatoms. The van der Waals surface area contributed by atoms with E-state index < -0.39 is 0 Å². The van der Waals surface area contributed by atoms with Crippen molar-refractivity contribution in [2.75, 3.05) is 7.11 Å². The zero-order valence-corrected chi connectivity index (χ0v) is 10.5. The molecule has 0 aliphatic carbocycles. The van der Waals surface area contributed by atoms with E-state index in [0.29, 0.717) is 0 Å². The van der Waals surface area contributed by atoms with Gasteiger partial charge in [-0.15, -0.1) is 0 Å². The summed E-state index contributed by atoms with van der Waals surface area (Å²) in [7, 11) is 1.67. The number of rotatable bonds is 4. The molecule has 0 radical (unpaired) electrons. The Labute approximate surface area is 108 Å². The van der Waals surface area contributed by atoms with Gasteiger partial charge in [-0.05, 0) is 28.8 Å². The molecule has 0 atom stereocenters. The minimum absolute atomic E-state index is 0.866. The Morgan fingerprint density at radius 3 is 2.11 bits per heavy atom. The lowest BCUT2D eigenvalue weighted by Crippen LogP contribution is -1.88. The number of hydrogen-bond acceptors (Lipinski definition) is 1. The quantitative estimate of drug-likeness (QED) is 0.719. The summed E-state index contributed by atoms with van der Waals surface area (Å²) in [6.45, 7) is 3.78. The van der Waals surface area contributed by atoms with E-state index in [0.717, 1.165) is 16.9 Å². The molecule has 0 spiro atoms. The maximum absolute atomic E-state index is 5.17. The third-order valence-electron chi connectivity index (χ3n) is 2.77. The van der Waals surface area contributed by atoms with Gasteiger partial charge in [-0.3, -0.25) is 0 Å². The minimum Gasteiger partial charge on any atom is -0.497 e. The fourth-order valence-electron chi connectivity index (χ4n) is 1.87. The molecule has 90 valence electrons. The summed E-state index contributed by atoms with van der Waals surface area (Å²) in [5, 5.41) is 0. The number of allylic oxidation sites excluding steroid dienone is 2. The third kappa shape index (κ3) is 2.69. The van der Waals surface area contributed by atoms with E-state index >= 15 is 0 Å². The normalized spacial score (nSPS) is 11.1. The van der Waals surface area contributed by atoms with Crippen molar-refractivity contribution < 1.29 is 4.74 Å². The summed E-state index contributed by atoms with van der Waals surface area (Å²) >= 11 is 0. The largest absolute Gasteiger partial charge is 0.497 e. The molecule has 0 aliphatic rings. The van der Waals surface area contributed by atoms with Gasteiger partial charge in [-0.1, -0.05) is 61.2 Å². The number of ether oxygens (including phenoxy) is 1. The second-order valence-electron chi connectivity index (χ2n) is 3.91. The van der Waals surface area contributed by atoms with Crippen LogP contribution in [0.25, 0.3) is 5.57 Å². The van der Waals surface area contributed by atoms with Crippen LogP contribution in [0.4, 0.5) is 0 Å². The number of methoxy groups -OCH3 is 1. The Balaban J connectivity index is 2.42. The van der Waals surface area contributed by atoms with Crippen molar-refractivity contribution >= 4 is 5.57 Å². The lowest BCUT2D eigenvalue weighted by atomic mass is 9.97. The second-order valence-corrected chi connectivity index (χ2v) is 3.91. The van der Waals surface area contributed by atoms with Gasteiger partial charge in [0, 0.05) is 0 Å². The van der Waals surface area contributed by atoms with E-state index in [1.807, 2.05) is 42.5 Å². The Bertz CT molecular complexity index is 536. The molecule has 18 heavy (non-hydrogen) atoms. The van der Waals surface area contributed by atoms with Crippen molar-refractivity contribution in [3.8, 4) is 5.75 Å². The van der Waals surface area contributed by atoms with Gasteiger partial charge in [-0.25, -0.2) is 0 Å². The summed E-state index contributed by atoms with van der Waals surface area (Å²) in [5.41, 5.74) is 3.50. The molecule has 2 rings (SSSR count). The molecule has 0 N–H and O–H groups in total. The molecule has 2 aromatic rings. The molecule has 0 aliphatic heterocycles. The second kappa shape index (κ2) is 5.87. The van der Waals surface area contributed by atoms with Crippen molar-refractivity contribution in [2.24, 2.45) is 0 Å². The maximum Gasteiger partial charge on any atom is 0.118 e. The molecule has 0 saturated heterocycles. The fourth-order valence-corrected chi connectivity index (χ4v) is 1.87. The summed E-state index contributed by atoms with van der Waals surface area (Å²) in [5.74, 6) is 0.866. The van der Waals surface area contributed by atoms with E-state index in [1.54, 1.807) is 7.11 Å². The first-order chi connectivity index (χ1) is 8.85. The van der Waals surface area contributed by atoms with Gasteiger partial charge in [-0.2, -0.15) is 0 Å². The first-order valence-corrected chi connectivity index (χ1v) is 5.87. The van der Waals surface area contributed by atoms with Crippen molar-refractivity contribution in [3.63, 3.8) is 0 Å². The Morgan fingerprint density at radius 1 is 0.944 bits per heavy atom. The van der Waals surface area contributed by atoms with Crippen LogP contribution in [0.15, 0.2) is 73.3 Å². The van der Waals surface area contributed by atoms with Crippen molar-refractivity contribution in [1.82, 2.24) is 0 Å². The van der Waals surface area contributed by atoms with Crippen LogP contribution in [0, 0.1) is 0 Å². The molecule has 0 fully saturated rings. The minimum atomic E-state index is 0.866. The van der Waals surface area contributed by atoms with Crippen LogP contribution in [0.2, 0.25) is 0 Å². The van der Waals surface area contributed by atoms with Gasteiger partial charge >= 0.3 is 0 Å². The van der Waals surface area contributed by atoms with Gasteiger partial charge in [0.25, 0.3) is 0 Å². The zero-order valence-electron chi connectivity index (χ0n) is 10.5. The molecular formula is C17H16O.